The van der Waals surface area contributed by atoms with Gasteiger partial charge in [-0.3, -0.25) is 4.98 Å². The third-order valence-corrected chi connectivity index (χ3v) is 3.35. The average Bonchev–Trinajstić information content (AvgIpc) is 2.47. The Morgan fingerprint density at radius 2 is 2.05 bits per heavy atom. The zero-order chi connectivity index (χ0) is 14.5. The normalized spacial score (nSPS) is 12.2. The Bertz CT molecular complexity index is 589. The molecular weight excluding hydrogens is 274 g/mol. The number of benzene rings is 1. The molecule has 0 aliphatic carbocycles. The molecule has 20 heavy (non-hydrogen) atoms. The number of rotatable bonds is 5. The van der Waals surface area contributed by atoms with Gasteiger partial charge < -0.3 is 10.1 Å². The first-order chi connectivity index (χ1) is 9.67. The molecule has 106 valence electrons. The van der Waals surface area contributed by atoms with E-state index in [2.05, 4.69) is 29.1 Å². The van der Waals surface area contributed by atoms with Crippen molar-refractivity contribution in [2.45, 2.75) is 19.9 Å². The number of nitrogens with zero attached hydrogens (tertiary/aromatic N) is 2. The first kappa shape index (κ1) is 14.8. The summed E-state index contributed by atoms with van der Waals surface area (Å²) in [6.45, 7) is 4.91. The van der Waals surface area contributed by atoms with Crippen LogP contribution in [0.5, 0.6) is 5.88 Å². The van der Waals surface area contributed by atoms with Crippen LogP contribution < -0.4 is 10.1 Å². The highest BCUT2D eigenvalue weighted by atomic mass is 35.5. The van der Waals surface area contributed by atoms with Gasteiger partial charge in [-0.15, -0.1) is 0 Å². The highest BCUT2D eigenvalue weighted by Gasteiger charge is 2.21. The van der Waals surface area contributed by atoms with E-state index in [1.165, 1.54) is 0 Å². The van der Waals surface area contributed by atoms with Crippen molar-refractivity contribution in [3.63, 3.8) is 0 Å². The monoisotopic (exact) mass is 291 g/mol. The average molecular weight is 292 g/mol. The topological polar surface area (TPSA) is 47.0 Å². The predicted molar refractivity (Wildman–Crippen MR) is 80.3 cm³/mol. The Morgan fingerprint density at radius 3 is 2.75 bits per heavy atom. The highest BCUT2D eigenvalue weighted by Crippen LogP contribution is 2.30. The molecule has 0 amide bonds. The minimum atomic E-state index is -0.0950. The Balaban J connectivity index is 2.53. The van der Waals surface area contributed by atoms with Crippen LogP contribution in [0.3, 0.4) is 0 Å². The van der Waals surface area contributed by atoms with Gasteiger partial charge in [0.25, 0.3) is 0 Å². The van der Waals surface area contributed by atoms with Gasteiger partial charge in [-0.05, 0) is 36.7 Å². The summed E-state index contributed by atoms with van der Waals surface area (Å²) in [6, 6.07) is 5.75. The summed E-state index contributed by atoms with van der Waals surface area (Å²) in [5.74, 6) is 0.526. The summed E-state index contributed by atoms with van der Waals surface area (Å²) in [5.41, 5.74) is 2.99. The summed E-state index contributed by atoms with van der Waals surface area (Å²) >= 11 is 6.13. The van der Waals surface area contributed by atoms with Crippen molar-refractivity contribution in [2.75, 3.05) is 13.7 Å². The molecule has 5 heteroatoms. The lowest BCUT2D eigenvalue weighted by atomic mass is 9.98. The van der Waals surface area contributed by atoms with Gasteiger partial charge in [-0.2, -0.15) is 0 Å². The quantitative estimate of drug-likeness (QED) is 0.919. The molecule has 0 radical (unpaired) electrons. The first-order valence-corrected chi connectivity index (χ1v) is 6.89. The SMILES string of the molecule is CCNC(c1cc(Cl)ccc1C)c1nccnc1OC. The zero-order valence-electron chi connectivity index (χ0n) is 11.9. The van der Waals surface area contributed by atoms with Gasteiger partial charge in [0.2, 0.25) is 5.88 Å². The van der Waals surface area contributed by atoms with Crippen LogP contribution in [0, 0.1) is 6.92 Å². The van der Waals surface area contributed by atoms with Crippen LogP contribution in [0.15, 0.2) is 30.6 Å². The van der Waals surface area contributed by atoms with E-state index in [1.807, 2.05) is 18.2 Å². The summed E-state index contributed by atoms with van der Waals surface area (Å²) in [6.07, 6.45) is 3.29. The Labute approximate surface area is 124 Å². The second kappa shape index (κ2) is 6.68. The number of aromatic nitrogens is 2. The molecule has 1 atom stereocenters. The van der Waals surface area contributed by atoms with Crippen LogP contribution in [0.25, 0.3) is 0 Å². The van der Waals surface area contributed by atoms with Gasteiger partial charge >= 0.3 is 0 Å². The van der Waals surface area contributed by atoms with Crippen LogP contribution in [0.4, 0.5) is 0 Å². The van der Waals surface area contributed by atoms with Gasteiger partial charge in [0, 0.05) is 17.4 Å². The maximum Gasteiger partial charge on any atom is 0.237 e. The van der Waals surface area contributed by atoms with E-state index in [1.54, 1.807) is 19.5 Å². The van der Waals surface area contributed by atoms with Crippen LogP contribution in [0.1, 0.15) is 29.8 Å². The number of hydrogen-bond donors (Lipinski definition) is 1. The van der Waals surface area contributed by atoms with Crippen LogP contribution >= 0.6 is 11.6 Å². The molecule has 0 saturated heterocycles. The third kappa shape index (κ3) is 3.08. The summed E-state index contributed by atoms with van der Waals surface area (Å²) in [7, 11) is 1.60. The van der Waals surface area contributed by atoms with Crippen molar-refractivity contribution >= 4 is 11.6 Å². The molecule has 0 spiro atoms. The molecule has 1 heterocycles. The Hall–Kier alpha value is -1.65. The van der Waals surface area contributed by atoms with E-state index >= 15 is 0 Å². The summed E-state index contributed by atoms with van der Waals surface area (Å²) in [4.78, 5) is 8.64. The fraction of sp³-hybridized carbons (Fsp3) is 0.333. The van der Waals surface area contributed by atoms with Crippen molar-refractivity contribution in [2.24, 2.45) is 0 Å². The van der Waals surface area contributed by atoms with Gasteiger partial charge in [-0.1, -0.05) is 24.6 Å². The minimum Gasteiger partial charge on any atom is -0.480 e. The van der Waals surface area contributed by atoms with Crippen molar-refractivity contribution in [1.82, 2.24) is 15.3 Å². The smallest absolute Gasteiger partial charge is 0.237 e. The van der Waals surface area contributed by atoms with Crippen molar-refractivity contribution in [1.29, 1.82) is 0 Å². The van der Waals surface area contributed by atoms with E-state index in [9.17, 15) is 0 Å². The van der Waals surface area contributed by atoms with Gasteiger partial charge in [0.05, 0.1) is 13.2 Å². The zero-order valence-corrected chi connectivity index (χ0v) is 12.6. The fourth-order valence-electron chi connectivity index (χ4n) is 2.17. The number of ether oxygens (including phenoxy) is 1. The second-order valence-corrected chi connectivity index (χ2v) is 4.88. The largest absolute Gasteiger partial charge is 0.480 e. The molecule has 1 aromatic heterocycles. The molecule has 2 aromatic rings. The minimum absolute atomic E-state index is 0.0950. The predicted octanol–water partition coefficient (Wildman–Crippen LogP) is 3.15. The van der Waals surface area contributed by atoms with E-state index in [-0.39, 0.29) is 6.04 Å². The Kier molecular flexibility index (Phi) is 4.93. The number of hydrogen-bond acceptors (Lipinski definition) is 4. The molecule has 0 fully saturated rings. The molecule has 0 saturated carbocycles. The highest BCUT2D eigenvalue weighted by molar-refractivity contribution is 6.30. The number of nitrogens with one attached hydrogen (secondary N) is 1. The molecule has 1 N–H and O–H groups in total. The van der Waals surface area contributed by atoms with Crippen LogP contribution in [0.2, 0.25) is 5.02 Å². The first-order valence-electron chi connectivity index (χ1n) is 6.51. The molecule has 0 aliphatic heterocycles. The van der Waals surface area contributed by atoms with Gasteiger partial charge in [0.15, 0.2) is 0 Å². The Morgan fingerprint density at radius 1 is 1.30 bits per heavy atom. The van der Waals surface area contributed by atoms with Crippen molar-refractivity contribution in [3.05, 3.63) is 52.4 Å². The van der Waals surface area contributed by atoms with Crippen molar-refractivity contribution < 1.29 is 4.74 Å². The standard InChI is InChI=1S/C15H18ClN3O/c1-4-17-13(12-9-11(16)6-5-10(12)2)14-15(20-3)19-8-7-18-14/h5-9,13,17H,4H2,1-3H3. The van der Waals surface area contributed by atoms with E-state index in [4.69, 9.17) is 16.3 Å². The molecule has 1 unspecified atom stereocenters. The van der Waals surface area contributed by atoms with E-state index < -0.39 is 0 Å². The number of aryl methyl sites for hydroxylation is 1. The number of halogens is 1. The summed E-state index contributed by atoms with van der Waals surface area (Å²) < 4.78 is 5.32. The maximum atomic E-state index is 6.13. The molecule has 4 nitrogen and oxygen atoms in total. The third-order valence-electron chi connectivity index (χ3n) is 3.12. The summed E-state index contributed by atoms with van der Waals surface area (Å²) in [5, 5.41) is 4.12. The molecular formula is C15H18ClN3O. The fourth-order valence-corrected chi connectivity index (χ4v) is 2.35. The van der Waals surface area contributed by atoms with E-state index in [0.29, 0.717) is 10.9 Å². The van der Waals surface area contributed by atoms with Crippen molar-refractivity contribution in [3.8, 4) is 5.88 Å². The lowest BCUT2D eigenvalue weighted by molar-refractivity contribution is 0.383. The molecule has 0 aliphatic rings. The molecule has 2 rings (SSSR count). The van der Waals surface area contributed by atoms with Gasteiger partial charge in [0.1, 0.15) is 5.69 Å². The van der Waals surface area contributed by atoms with Gasteiger partial charge in [-0.25, -0.2) is 4.98 Å². The maximum absolute atomic E-state index is 6.13. The lowest BCUT2D eigenvalue weighted by Crippen LogP contribution is -2.24. The van der Waals surface area contributed by atoms with Crippen LogP contribution in [-0.2, 0) is 0 Å². The molecule has 1 aromatic carbocycles. The molecule has 0 bridgehead atoms. The lowest BCUT2D eigenvalue weighted by Gasteiger charge is -2.21. The second-order valence-electron chi connectivity index (χ2n) is 4.44. The van der Waals surface area contributed by atoms with E-state index in [0.717, 1.165) is 23.4 Å². The number of methoxy groups -OCH3 is 1. The van der Waals surface area contributed by atoms with Crippen LogP contribution in [-0.4, -0.2) is 23.6 Å².